The van der Waals surface area contributed by atoms with E-state index in [-0.39, 0.29) is 22.8 Å². The second-order valence-corrected chi connectivity index (χ2v) is 8.62. The third-order valence-corrected chi connectivity index (χ3v) is 6.16. The van der Waals surface area contributed by atoms with Gasteiger partial charge in [0.1, 0.15) is 0 Å². The van der Waals surface area contributed by atoms with E-state index in [9.17, 15) is 18.0 Å². The first-order chi connectivity index (χ1) is 13.8. The fraction of sp³-hybridized carbons (Fsp3) is 0.238. The molecule has 2 amide bonds. The van der Waals surface area contributed by atoms with E-state index in [2.05, 4.69) is 10.6 Å². The molecule has 7 nitrogen and oxygen atoms in total. The van der Waals surface area contributed by atoms with Crippen LogP contribution in [0.5, 0.6) is 0 Å². The van der Waals surface area contributed by atoms with Crippen molar-refractivity contribution in [2.75, 3.05) is 12.4 Å². The molecule has 0 unspecified atom stereocenters. The van der Waals surface area contributed by atoms with Gasteiger partial charge in [0.25, 0.3) is 0 Å². The summed E-state index contributed by atoms with van der Waals surface area (Å²) >= 11 is 0. The molecule has 0 aliphatic carbocycles. The molecule has 1 heterocycles. The first kappa shape index (κ1) is 20.6. The largest absolute Gasteiger partial charge is 0.463 e. The summed E-state index contributed by atoms with van der Waals surface area (Å²) in [6.45, 7) is 3.70. The van der Waals surface area contributed by atoms with Crippen LogP contribution in [0.1, 0.15) is 24.1 Å². The number of benzene rings is 2. The van der Waals surface area contributed by atoms with Crippen molar-refractivity contribution in [3.8, 4) is 0 Å². The number of amides is 2. The monoisotopic (exact) mass is 414 g/mol. The molecule has 0 radical (unpaired) electrons. The Hall–Kier alpha value is -3.13. The van der Waals surface area contributed by atoms with Gasteiger partial charge in [-0.25, -0.2) is 18.0 Å². The zero-order chi connectivity index (χ0) is 21.0. The zero-order valence-corrected chi connectivity index (χ0v) is 17.0. The molecular formula is C21H22N2O5S. The molecule has 0 spiro atoms. The number of rotatable bonds is 6. The van der Waals surface area contributed by atoms with Gasteiger partial charge in [-0.1, -0.05) is 48.0 Å². The van der Waals surface area contributed by atoms with Crippen LogP contribution in [0.25, 0.3) is 0 Å². The van der Waals surface area contributed by atoms with E-state index in [4.69, 9.17) is 4.74 Å². The normalized spacial score (nSPS) is 16.8. The average Bonchev–Trinajstić information content (AvgIpc) is 2.68. The van der Waals surface area contributed by atoms with Gasteiger partial charge in [0, 0.05) is 5.70 Å². The minimum Gasteiger partial charge on any atom is -0.463 e. The van der Waals surface area contributed by atoms with Crippen LogP contribution in [0, 0.1) is 6.92 Å². The number of sulfone groups is 1. The van der Waals surface area contributed by atoms with Crippen LogP contribution in [-0.2, 0) is 19.4 Å². The third-order valence-electron chi connectivity index (χ3n) is 4.50. The standard InChI is InChI=1S/C21H22N2O5S/c1-3-28-20(24)18-17(13-29(26,27)16-7-5-4-6-8-16)22-21(25)23-19(18)15-11-9-14(2)10-12-15/h4-12,19H,3,13H2,1-2H3,(H2,22,23,25)/t19-/m1/s1. The first-order valence-corrected chi connectivity index (χ1v) is 10.8. The van der Waals surface area contributed by atoms with E-state index >= 15 is 0 Å². The van der Waals surface area contributed by atoms with Gasteiger partial charge < -0.3 is 15.4 Å². The molecule has 1 atom stereocenters. The van der Waals surface area contributed by atoms with Crippen molar-refractivity contribution in [3.05, 3.63) is 77.0 Å². The summed E-state index contributed by atoms with van der Waals surface area (Å²) in [4.78, 5) is 25.1. The summed E-state index contributed by atoms with van der Waals surface area (Å²) in [6.07, 6.45) is 0. The summed E-state index contributed by atoms with van der Waals surface area (Å²) < 4.78 is 30.9. The molecule has 0 fully saturated rings. The van der Waals surface area contributed by atoms with E-state index in [1.807, 2.05) is 19.1 Å². The summed E-state index contributed by atoms with van der Waals surface area (Å²) in [6, 6.07) is 13.8. The Balaban J connectivity index is 2.09. The summed E-state index contributed by atoms with van der Waals surface area (Å²) in [7, 11) is -3.79. The number of ether oxygens (including phenoxy) is 1. The molecule has 1 aliphatic rings. The molecule has 29 heavy (non-hydrogen) atoms. The highest BCUT2D eigenvalue weighted by molar-refractivity contribution is 7.91. The van der Waals surface area contributed by atoms with E-state index < -0.39 is 33.6 Å². The number of carbonyl (C=O) groups is 2. The minimum atomic E-state index is -3.79. The van der Waals surface area contributed by atoms with Crippen LogP contribution in [0.15, 0.2) is 70.8 Å². The van der Waals surface area contributed by atoms with E-state index in [1.54, 1.807) is 37.3 Å². The Morgan fingerprint density at radius 2 is 1.72 bits per heavy atom. The number of esters is 1. The maximum atomic E-state index is 12.9. The fourth-order valence-corrected chi connectivity index (χ4v) is 4.44. The molecule has 2 aromatic rings. The topological polar surface area (TPSA) is 102 Å². The molecule has 3 rings (SSSR count). The smallest absolute Gasteiger partial charge is 0.338 e. The lowest BCUT2D eigenvalue weighted by atomic mass is 9.95. The average molecular weight is 414 g/mol. The van der Waals surface area contributed by atoms with Crippen LogP contribution in [0.2, 0.25) is 0 Å². The molecule has 0 saturated carbocycles. The lowest BCUT2D eigenvalue weighted by molar-refractivity contribution is -0.139. The lowest BCUT2D eigenvalue weighted by Gasteiger charge is -2.29. The Kier molecular flexibility index (Phi) is 6.03. The lowest BCUT2D eigenvalue weighted by Crippen LogP contribution is -2.47. The van der Waals surface area contributed by atoms with Crippen LogP contribution < -0.4 is 10.6 Å². The van der Waals surface area contributed by atoms with Crippen molar-refractivity contribution < 1.29 is 22.7 Å². The Morgan fingerprint density at radius 1 is 1.07 bits per heavy atom. The van der Waals surface area contributed by atoms with Crippen LogP contribution in [0.4, 0.5) is 4.79 Å². The summed E-state index contributed by atoms with van der Waals surface area (Å²) in [5.41, 5.74) is 1.77. The van der Waals surface area contributed by atoms with Gasteiger partial charge in [0.05, 0.1) is 28.9 Å². The highest BCUT2D eigenvalue weighted by atomic mass is 32.2. The number of aryl methyl sites for hydroxylation is 1. The minimum absolute atomic E-state index is 0.0154. The van der Waals surface area contributed by atoms with Gasteiger partial charge in [-0.15, -0.1) is 0 Å². The van der Waals surface area contributed by atoms with Crippen molar-refractivity contribution in [1.29, 1.82) is 0 Å². The van der Waals surface area contributed by atoms with Crippen LogP contribution in [-0.4, -0.2) is 32.8 Å². The maximum Gasteiger partial charge on any atom is 0.338 e. The predicted molar refractivity (Wildman–Crippen MR) is 108 cm³/mol. The van der Waals surface area contributed by atoms with Crippen molar-refractivity contribution >= 4 is 21.8 Å². The highest BCUT2D eigenvalue weighted by Gasteiger charge is 2.35. The second-order valence-electron chi connectivity index (χ2n) is 6.63. The Labute approximate surface area is 169 Å². The molecule has 0 bridgehead atoms. The van der Waals surface area contributed by atoms with E-state index in [1.165, 1.54) is 12.1 Å². The molecule has 2 N–H and O–H groups in total. The summed E-state index contributed by atoms with van der Waals surface area (Å²) in [5.74, 6) is -1.20. The van der Waals surface area contributed by atoms with Gasteiger partial charge in [-0.2, -0.15) is 0 Å². The van der Waals surface area contributed by atoms with Crippen molar-refractivity contribution in [1.82, 2.24) is 10.6 Å². The first-order valence-electron chi connectivity index (χ1n) is 9.14. The van der Waals surface area contributed by atoms with E-state index in [0.29, 0.717) is 5.56 Å². The number of nitrogens with one attached hydrogen (secondary N) is 2. The predicted octanol–water partition coefficient (Wildman–Crippen LogP) is 2.64. The van der Waals surface area contributed by atoms with Gasteiger partial charge in [0.2, 0.25) is 0 Å². The SMILES string of the molecule is CCOC(=O)C1=C(CS(=O)(=O)c2ccccc2)NC(=O)N[C@@H]1c1ccc(C)cc1. The number of urea groups is 1. The number of carbonyl (C=O) groups excluding carboxylic acids is 2. The van der Waals surface area contributed by atoms with Crippen molar-refractivity contribution in [2.45, 2.75) is 24.8 Å². The quantitative estimate of drug-likeness (QED) is 0.708. The molecule has 2 aromatic carbocycles. The molecule has 0 aromatic heterocycles. The fourth-order valence-electron chi connectivity index (χ4n) is 3.09. The molecule has 8 heteroatoms. The van der Waals surface area contributed by atoms with Gasteiger partial charge in [-0.05, 0) is 31.5 Å². The zero-order valence-electron chi connectivity index (χ0n) is 16.1. The number of hydrogen-bond donors (Lipinski definition) is 2. The summed E-state index contributed by atoms with van der Waals surface area (Å²) in [5, 5.41) is 5.19. The highest BCUT2D eigenvalue weighted by Crippen LogP contribution is 2.29. The Morgan fingerprint density at radius 3 is 2.34 bits per heavy atom. The van der Waals surface area contributed by atoms with E-state index in [0.717, 1.165) is 5.56 Å². The number of hydrogen-bond acceptors (Lipinski definition) is 5. The molecule has 1 aliphatic heterocycles. The van der Waals surface area contributed by atoms with Gasteiger partial charge in [-0.3, -0.25) is 0 Å². The Bertz CT molecular complexity index is 1040. The van der Waals surface area contributed by atoms with Crippen molar-refractivity contribution in [2.24, 2.45) is 0 Å². The van der Waals surface area contributed by atoms with Crippen molar-refractivity contribution in [3.63, 3.8) is 0 Å². The molecular weight excluding hydrogens is 392 g/mol. The second kappa shape index (κ2) is 8.48. The third kappa shape index (κ3) is 4.65. The van der Waals surface area contributed by atoms with Crippen LogP contribution in [0.3, 0.4) is 0 Å². The maximum absolute atomic E-state index is 12.9. The molecule has 152 valence electrons. The molecule has 0 saturated heterocycles. The van der Waals surface area contributed by atoms with Gasteiger partial charge >= 0.3 is 12.0 Å². The van der Waals surface area contributed by atoms with Crippen LogP contribution >= 0.6 is 0 Å². The van der Waals surface area contributed by atoms with Gasteiger partial charge in [0.15, 0.2) is 9.84 Å².